The normalized spacial score (nSPS) is 22.4. The molecule has 0 radical (unpaired) electrons. The number of ether oxygens (including phenoxy) is 2. The zero-order valence-corrected chi connectivity index (χ0v) is 11.5. The molecular weight excluding hydrogens is 270 g/mol. The molecule has 1 aromatic heterocycles. The zero-order chi connectivity index (χ0) is 14.0. The van der Waals surface area contributed by atoms with Crippen molar-refractivity contribution in [2.24, 2.45) is 0 Å². The van der Waals surface area contributed by atoms with Crippen LogP contribution in [0.4, 0.5) is 0 Å². The first-order valence-electron chi connectivity index (χ1n) is 5.76. The molecule has 19 heavy (non-hydrogen) atoms. The average Bonchev–Trinajstić information content (AvgIpc) is 3.02. The molecule has 104 valence electrons. The predicted molar refractivity (Wildman–Crippen MR) is 68.3 cm³/mol. The first-order valence-corrected chi connectivity index (χ1v) is 6.64. The Labute approximate surface area is 114 Å². The van der Waals surface area contributed by atoms with Crippen molar-refractivity contribution in [1.82, 2.24) is 4.90 Å². The van der Waals surface area contributed by atoms with E-state index < -0.39 is 18.1 Å². The largest absolute Gasteiger partial charge is 0.495 e. The van der Waals surface area contributed by atoms with Crippen LogP contribution in [0.3, 0.4) is 0 Å². The maximum Gasteiger partial charge on any atom is 0.328 e. The first kappa shape index (κ1) is 13.8. The summed E-state index contributed by atoms with van der Waals surface area (Å²) in [6.07, 6.45) is -0.509. The van der Waals surface area contributed by atoms with Gasteiger partial charge in [0, 0.05) is 13.0 Å². The Morgan fingerprint density at radius 3 is 2.84 bits per heavy atom. The fourth-order valence-corrected chi connectivity index (χ4v) is 2.96. The molecule has 0 saturated carbocycles. The summed E-state index contributed by atoms with van der Waals surface area (Å²) in [5, 5.41) is 11.4. The number of nitrogens with zero attached hydrogens (tertiary/aromatic N) is 1. The van der Waals surface area contributed by atoms with E-state index in [0.29, 0.717) is 10.6 Å². The number of hydrogen-bond donors (Lipinski definition) is 1. The quantitative estimate of drug-likeness (QED) is 0.819. The maximum atomic E-state index is 12.4. The van der Waals surface area contributed by atoms with Crippen molar-refractivity contribution in [3.8, 4) is 5.75 Å². The van der Waals surface area contributed by atoms with Crippen LogP contribution in [0, 0.1) is 0 Å². The van der Waals surface area contributed by atoms with Crippen molar-refractivity contribution in [3.05, 3.63) is 16.3 Å². The van der Waals surface area contributed by atoms with Gasteiger partial charge < -0.3 is 19.5 Å². The smallest absolute Gasteiger partial charge is 0.328 e. The lowest BCUT2D eigenvalue weighted by Crippen LogP contribution is -2.41. The minimum absolute atomic E-state index is 0.125. The maximum absolute atomic E-state index is 12.4. The third-order valence-corrected chi connectivity index (χ3v) is 3.94. The number of likely N-dealkylation sites (tertiary alicyclic amines) is 1. The summed E-state index contributed by atoms with van der Waals surface area (Å²) in [5.41, 5.74) is 0. The van der Waals surface area contributed by atoms with Crippen LogP contribution < -0.4 is 4.74 Å². The SMILES string of the molecule is COC(=O)C1CC(O)CN1C(=O)c1sccc1OC. The lowest BCUT2D eigenvalue weighted by Gasteiger charge is -2.22. The van der Waals surface area contributed by atoms with Gasteiger partial charge in [0.15, 0.2) is 0 Å². The molecule has 1 aromatic rings. The van der Waals surface area contributed by atoms with Crippen LogP contribution >= 0.6 is 11.3 Å². The number of rotatable bonds is 3. The van der Waals surface area contributed by atoms with Crippen LogP contribution in [0.25, 0.3) is 0 Å². The Morgan fingerprint density at radius 2 is 2.21 bits per heavy atom. The lowest BCUT2D eigenvalue weighted by molar-refractivity contribution is -0.145. The molecule has 2 unspecified atom stereocenters. The summed E-state index contributed by atoms with van der Waals surface area (Å²) in [6.45, 7) is 0.125. The second-order valence-electron chi connectivity index (χ2n) is 4.20. The zero-order valence-electron chi connectivity index (χ0n) is 10.7. The average molecular weight is 285 g/mol. The molecule has 2 rings (SSSR count). The molecule has 7 heteroatoms. The summed E-state index contributed by atoms with van der Waals surface area (Å²) < 4.78 is 9.76. The molecule has 0 bridgehead atoms. The molecule has 0 aromatic carbocycles. The van der Waals surface area contributed by atoms with Crippen molar-refractivity contribution >= 4 is 23.2 Å². The molecular formula is C12H15NO5S. The Hall–Kier alpha value is -1.60. The van der Waals surface area contributed by atoms with Crippen LogP contribution in [0.15, 0.2) is 11.4 Å². The van der Waals surface area contributed by atoms with Gasteiger partial charge >= 0.3 is 5.97 Å². The van der Waals surface area contributed by atoms with Crippen molar-refractivity contribution in [2.75, 3.05) is 20.8 Å². The Morgan fingerprint density at radius 1 is 1.47 bits per heavy atom. The van der Waals surface area contributed by atoms with Gasteiger partial charge in [-0.05, 0) is 11.4 Å². The number of aliphatic hydroxyl groups excluding tert-OH is 1. The monoisotopic (exact) mass is 285 g/mol. The number of amides is 1. The van der Waals surface area contributed by atoms with Gasteiger partial charge in [0.05, 0.1) is 20.3 Å². The highest BCUT2D eigenvalue weighted by molar-refractivity contribution is 7.12. The molecule has 1 N–H and O–H groups in total. The van der Waals surface area contributed by atoms with Crippen LogP contribution in [-0.2, 0) is 9.53 Å². The molecule has 1 aliphatic rings. The highest BCUT2D eigenvalue weighted by Gasteiger charge is 2.40. The van der Waals surface area contributed by atoms with Gasteiger partial charge in [0.1, 0.15) is 16.7 Å². The standard InChI is InChI=1S/C12H15NO5S/c1-17-9-3-4-19-10(9)11(15)13-6-7(14)5-8(13)12(16)18-2/h3-4,7-8,14H,5-6H2,1-2H3. The van der Waals surface area contributed by atoms with Crippen molar-refractivity contribution in [3.63, 3.8) is 0 Å². The fraction of sp³-hybridized carbons (Fsp3) is 0.500. The van der Waals surface area contributed by atoms with Crippen LogP contribution in [-0.4, -0.2) is 54.8 Å². The number of carbonyl (C=O) groups excluding carboxylic acids is 2. The Kier molecular flexibility index (Phi) is 4.06. The summed E-state index contributed by atoms with van der Waals surface area (Å²) in [6, 6.07) is 0.955. The number of aliphatic hydroxyl groups is 1. The minimum atomic E-state index is -0.737. The van der Waals surface area contributed by atoms with E-state index in [2.05, 4.69) is 4.74 Å². The van der Waals surface area contributed by atoms with Gasteiger partial charge in [0.25, 0.3) is 5.91 Å². The van der Waals surface area contributed by atoms with Gasteiger partial charge in [0.2, 0.25) is 0 Å². The molecule has 1 aliphatic heterocycles. The summed E-state index contributed by atoms with van der Waals surface area (Å²) in [7, 11) is 2.75. The van der Waals surface area contributed by atoms with Gasteiger partial charge in [-0.3, -0.25) is 4.79 Å². The van der Waals surface area contributed by atoms with Crippen LogP contribution in [0.1, 0.15) is 16.1 Å². The third-order valence-electron chi connectivity index (χ3n) is 3.06. The second kappa shape index (κ2) is 5.58. The van der Waals surface area contributed by atoms with Crippen LogP contribution in [0.2, 0.25) is 0 Å². The van der Waals surface area contributed by atoms with Crippen molar-refractivity contribution in [2.45, 2.75) is 18.6 Å². The Balaban J connectivity index is 2.24. The minimum Gasteiger partial charge on any atom is -0.495 e. The molecule has 0 aliphatic carbocycles. The lowest BCUT2D eigenvalue weighted by atomic mass is 10.2. The predicted octanol–water partition coefficient (Wildman–Crippen LogP) is 0.505. The molecule has 1 amide bonds. The molecule has 0 spiro atoms. The first-order chi connectivity index (χ1) is 9.08. The molecule has 2 heterocycles. The van der Waals surface area contributed by atoms with Gasteiger partial charge in [-0.15, -0.1) is 11.3 Å². The van der Waals surface area contributed by atoms with E-state index in [1.54, 1.807) is 11.4 Å². The van der Waals surface area contributed by atoms with E-state index >= 15 is 0 Å². The molecule has 1 fully saturated rings. The van der Waals surface area contributed by atoms with E-state index in [-0.39, 0.29) is 18.9 Å². The summed E-state index contributed by atoms with van der Waals surface area (Å²) >= 11 is 1.24. The number of carbonyl (C=O) groups is 2. The topological polar surface area (TPSA) is 76.1 Å². The number of β-amino-alcohol motifs (C(OH)–C–C–N with tert-alkyl or cyclic N) is 1. The van der Waals surface area contributed by atoms with E-state index in [4.69, 9.17) is 4.74 Å². The van der Waals surface area contributed by atoms with E-state index in [0.717, 1.165) is 0 Å². The van der Waals surface area contributed by atoms with E-state index in [1.165, 1.54) is 30.5 Å². The van der Waals surface area contributed by atoms with Crippen LogP contribution in [0.5, 0.6) is 5.75 Å². The number of hydrogen-bond acceptors (Lipinski definition) is 6. The number of thiophene rings is 1. The molecule has 2 atom stereocenters. The van der Waals surface area contributed by atoms with E-state index in [1.807, 2.05) is 0 Å². The number of esters is 1. The molecule has 1 saturated heterocycles. The highest BCUT2D eigenvalue weighted by Crippen LogP contribution is 2.29. The Bertz CT molecular complexity index is 486. The van der Waals surface area contributed by atoms with Crippen molar-refractivity contribution in [1.29, 1.82) is 0 Å². The second-order valence-corrected chi connectivity index (χ2v) is 5.12. The fourth-order valence-electron chi connectivity index (χ4n) is 2.14. The van der Waals surface area contributed by atoms with Gasteiger partial charge in [-0.25, -0.2) is 4.79 Å². The van der Waals surface area contributed by atoms with Gasteiger partial charge in [-0.1, -0.05) is 0 Å². The summed E-state index contributed by atoms with van der Waals surface area (Å²) in [5.74, 6) is -0.362. The third kappa shape index (κ3) is 2.57. The summed E-state index contributed by atoms with van der Waals surface area (Å²) in [4.78, 5) is 25.8. The highest BCUT2D eigenvalue weighted by atomic mass is 32.1. The van der Waals surface area contributed by atoms with Crippen molar-refractivity contribution < 1.29 is 24.2 Å². The van der Waals surface area contributed by atoms with Gasteiger partial charge in [-0.2, -0.15) is 0 Å². The van der Waals surface area contributed by atoms with E-state index in [9.17, 15) is 14.7 Å². The molecule has 6 nitrogen and oxygen atoms in total. The number of methoxy groups -OCH3 is 2.